The van der Waals surface area contributed by atoms with Crippen LogP contribution in [0.4, 0.5) is 10.1 Å². The van der Waals surface area contributed by atoms with E-state index in [1.165, 1.54) is 19.0 Å². The Kier molecular flexibility index (Phi) is 3.68. The summed E-state index contributed by atoms with van der Waals surface area (Å²) in [6, 6.07) is 0.586. The second-order valence-electron chi connectivity index (χ2n) is 3.77. The van der Waals surface area contributed by atoms with Crippen molar-refractivity contribution in [1.29, 1.82) is 0 Å². The summed E-state index contributed by atoms with van der Waals surface area (Å²) in [4.78, 5) is 14.0. The molecule has 2 N–H and O–H groups in total. The highest BCUT2D eigenvalue weighted by atomic mass is 32.1. The van der Waals surface area contributed by atoms with E-state index in [4.69, 9.17) is 0 Å². The van der Waals surface area contributed by atoms with Crippen molar-refractivity contribution >= 4 is 21.5 Å². The van der Waals surface area contributed by atoms with Crippen molar-refractivity contribution in [3.05, 3.63) is 16.3 Å². The van der Waals surface area contributed by atoms with Gasteiger partial charge in [-0.05, 0) is 37.1 Å². The minimum absolute atomic E-state index is 0.0847. The van der Waals surface area contributed by atoms with Gasteiger partial charge in [-0.15, -0.1) is 0 Å². The third-order valence-electron chi connectivity index (χ3n) is 2.60. The molecule has 0 amide bonds. The molecule has 0 saturated carbocycles. The molecule has 0 aromatic carbocycles. The molecule has 0 radical (unpaired) electrons. The third-order valence-corrected chi connectivity index (χ3v) is 3.51. The van der Waals surface area contributed by atoms with E-state index in [0.29, 0.717) is 11.2 Å². The summed E-state index contributed by atoms with van der Waals surface area (Å²) in [6.07, 6.45) is 4.79. The van der Waals surface area contributed by atoms with E-state index in [9.17, 15) is 10.1 Å². The molecule has 1 aromatic rings. The van der Waals surface area contributed by atoms with Crippen LogP contribution in [-0.4, -0.2) is 29.0 Å². The van der Waals surface area contributed by atoms with Crippen molar-refractivity contribution in [2.24, 2.45) is 0 Å². The van der Waals surface area contributed by atoms with Crippen LogP contribution >= 0.6 is 11.3 Å². The van der Waals surface area contributed by atoms with E-state index in [0.717, 1.165) is 30.8 Å². The molecule has 6 nitrogen and oxygen atoms in total. The number of nitrogens with one attached hydrogen (secondary N) is 2. The topological polar surface area (TPSA) is 80.1 Å². The van der Waals surface area contributed by atoms with Crippen molar-refractivity contribution in [2.75, 3.05) is 18.4 Å². The van der Waals surface area contributed by atoms with Crippen molar-refractivity contribution in [3.8, 4) is 0 Å². The normalized spacial score (nSPS) is 19.9. The fourth-order valence-corrected chi connectivity index (χ4v) is 2.45. The average Bonchev–Trinajstić information content (AvgIpc) is 2.87. The standard InChI is InChI=1S/C9H14N4O2S/c14-13(15)8-6-12-9(16-8)11-5-3-7-2-1-4-10-7/h6-7,10H,1-5H2,(H,11,12)/t7-/m0/s1. The Hall–Kier alpha value is -1.21. The molecule has 7 heteroatoms. The predicted molar refractivity (Wildman–Crippen MR) is 62.9 cm³/mol. The Bertz CT molecular complexity index is 362. The highest BCUT2D eigenvalue weighted by Crippen LogP contribution is 2.24. The van der Waals surface area contributed by atoms with E-state index < -0.39 is 4.92 Å². The van der Waals surface area contributed by atoms with Crippen LogP contribution < -0.4 is 10.6 Å². The first-order valence-corrected chi connectivity index (χ1v) is 6.15. The number of nitrogens with zero attached hydrogens (tertiary/aromatic N) is 2. The lowest BCUT2D eigenvalue weighted by Crippen LogP contribution is -2.23. The lowest BCUT2D eigenvalue weighted by molar-refractivity contribution is -0.380. The van der Waals surface area contributed by atoms with Crippen LogP contribution in [0, 0.1) is 10.1 Å². The van der Waals surface area contributed by atoms with Gasteiger partial charge in [0.05, 0.1) is 4.92 Å². The van der Waals surface area contributed by atoms with Gasteiger partial charge >= 0.3 is 5.00 Å². The molecule has 0 bridgehead atoms. The summed E-state index contributed by atoms with van der Waals surface area (Å²) < 4.78 is 0. The van der Waals surface area contributed by atoms with Crippen molar-refractivity contribution < 1.29 is 4.92 Å². The van der Waals surface area contributed by atoms with Crippen LogP contribution in [0.3, 0.4) is 0 Å². The summed E-state index contributed by atoms with van der Waals surface area (Å²) in [5, 5.41) is 17.7. The molecule has 2 heterocycles. The highest BCUT2D eigenvalue weighted by Gasteiger charge is 2.14. The molecule has 16 heavy (non-hydrogen) atoms. The Morgan fingerprint density at radius 1 is 1.75 bits per heavy atom. The molecule has 0 aliphatic carbocycles. The Labute approximate surface area is 97.2 Å². The Morgan fingerprint density at radius 2 is 2.62 bits per heavy atom. The monoisotopic (exact) mass is 242 g/mol. The van der Waals surface area contributed by atoms with Crippen LogP contribution in [0.5, 0.6) is 0 Å². The number of thiazole rings is 1. The minimum atomic E-state index is -0.415. The number of rotatable bonds is 5. The fraction of sp³-hybridized carbons (Fsp3) is 0.667. The average molecular weight is 242 g/mol. The molecular formula is C9H14N4O2S. The quantitative estimate of drug-likeness (QED) is 0.605. The van der Waals surface area contributed by atoms with Crippen LogP contribution in [0.2, 0.25) is 0 Å². The molecular weight excluding hydrogens is 228 g/mol. The first-order chi connectivity index (χ1) is 7.75. The van der Waals surface area contributed by atoms with Crippen molar-refractivity contribution in [3.63, 3.8) is 0 Å². The fourth-order valence-electron chi connectivity index (χ4n) is 1.79. The van der Waals surface area contributed by atoms with Crippen LogP contribution in [0.25, 0.3) is 0 Å². The molecule has 1 atom stereocenters. The summed E-state index contributed by atoms with van der Waals surface area (Å²) in [5.41, 5.74) is 0. The maximum atomic E-state index is 10.4. The van der Waals surface area contributed by atoms with Gasteiger partial charge in [-0.3, -0.25) is 10.1 Å². The molecule has 1 fully saturated rings. The van der Waals surface area contributed by atoms with Crippen molar-refractivity contribution in [2.45, 2.75) is 25.3 Å². The van der Waals surface area contributed by atoms with Crippen LogP contribution in [-0.2, 0) is 0 Å². The third kappa shape index (κ3) is 2.89. The van der Waals surface area contributed by atoms with E-state index >= 15 is 0 Å². The lowest BCUT2D eigenvalue weighted by atomic mass is 10.2. The van der Waals surface area contributed by atoms with Gasteiger partial charge in [-0.25, -0.2) is 4.98 Å². The smallest absolute Gasteiger partial charge is 0.345 e. The number of nitro groups is 1. The number of hydrogen-bond donors (Lipinski definition) is 2. The maximum absolute atomic E-state index is 10.4. The van der Waals surface area contributed by atoms with Crippen molar-refractivity contribution in [1.82, 2.24) is 10.3 Å². The molecule has 2 rings (SSSR count). The van der Waals surface area contributed by atoms with Gasteiger partial charge in [0, 0.05) is 12.6 Å². The molecule has 0 unspecified atom stereocenters. The molecule has 1 saturated heterocycles. The number of aromatic nitrogens is 1. The van der Waals surface area contributed by atoms with Gasteiger partial charge in [0.1, 0.15) is 6.20 Å². The minimum Gasteiger partial charge on any atom is -0.361 e. The largest absolute Gasteiger partial charge is 0.361 e. The lowest BCUT2D eigenvalue weighted by Gasteiger charge is -2.09. The van der Waals surface area contributed by atoms with E-state index in [2.05, 4.69) is 15.6 Å². The maximum Gasteiger partial charge on any atom is 0.345 e. The predicted octanol–water partition coefficient (Wildman–Crippen LogP) is 1.61. The second-order valence-corrected chi connectivity index (χ2v) is 4.78. The molecule has 88 valence electrons. The molecule has 1 aliphatic heterocycles. The van der Waals surface area contributed by atoms with Gasteiger partial charge < -0.3 is 10.6 Å². The molecule has 1 aromatic heterocycles. The zero-order valence-electron chi connectivity index (χ0n) is 8.81. The first-order valence-electron chi connectivity index (χ1n) is 5.33. The van der Waals surface area contributed by atoms with Gasteiger partial charge in [0.25, 0.3) is 0 Å². The van der Waals surface area contributed by atoms with Gasteiger partial charge in [0.2, 0.25) is 0 Å². The molecule has 1 aliphatic rings. The van der Waals surface area contributed by atoms with Gasteiger partial charge in [-0.2, -0.15) is 0 Å². The Morgan fingerprint density at radius 3 is 3.25 bits per heavy atom. The van der Waals surface area contributed by atoms with Gasteiger partial charge in [0.15, 0.2) is 5.13 Å². The van der Waals surface area contributed by atoms with E-state index in [1.807, 2.05) is 0 Å². The summed E-state index contributed by atoms with van der Waals surface area (Å²) in [6.45, 7) is 1.91. The van der Waals surface area contributed by atoms with Crippen LogP contribution in [0.15, 0.2) is 6.20 Å². The zero-order valence-corrected chi connectivity index (χ0v) is 9.63. The SMILES string of the molecule is O=[N+]([O-])c1cnc(NCC[C@@H]2CCCN2)s1. The Balaban J connectivity index is 1.74. The van der Waals surface area contributed by atoms with E-state index in [1.54, 1.807) is 0 Å². The highest BCUT2D eigenvalue weighted by molar-refractivity contribution is 7.18. The second kappa shape index (κ2) is 5.22. The van der Waals surface area contributed by atoms with Crippen LogP contribution in [0.1, 0.15) is 19.3 Å². The summed E-state index contributed by atoms with van der Waals surface area (Å²) in [5.74, 6) is 0. The molecule has 0 spiro atoms. The summed E-state index contributed by atoms with van der Waals surface area (Å²) in [7, 11) is 0. The number of anilines is 1. The van der Waals surface area contributed by atoms with Gasteiger partial charge in [-0.1, -0.05) is 0 Å². The van der Waals surface area contributed by atoms with E-state index in [-0.39, 0.29) is 5.00 Å². The first kappa shape index (κ1) is 11.3. The number of hydrogen-bond acceptors (Lipinski definition) is 6. The zero-order chi connectivity index (χ0) is 11.4. The summed E-state index contributed by atoms with van der Waals surface area (Å²) >= 11 is 1.08.